The van der Waals surface area contributed by atoms with Gasteiger partial charge in [0.2, 0.25) is 0 Å². The Bertz CT molecular complexity index is 403. The molecule has 0 saturated heterocycles. The zero-order chi connectivity index (χ0) is 17.2. The van der Waals surface area contributed by atoms with Crippen molar-refractivity contribution in [3.8, 4) is 0 Å². The zero-order valence-corrected chi connectivity index (χ0v) is 21.2. The maximum absolute atomic E-state index is 2.36. The third-order valence-corrected chi connectivity index (χ3v) is 8.01. The molecule has 0 fully saturated rings. The topological polar surface area (TPSA) is 0 Å². The van der Waals surface area contributed by atoms with Crippen molar-refractivity contribution in [2.45, 2.75) is 93.4 Å². The molecule has 0 amide bonds. The van der Waals surface area contributed by atoms with Gasteiger partial charge < -0.3 is 0 Å². The predicted octanol–water partition coefficient (Wildman–Crippen LogP) is 7.56. The molecular weight excluding hydrogens is 397 g/mol. The van der Waals surface area contributed by atoms with E-state index >= 15 is 0 Å². The first kappa shape index (κ1) is 22.0. The molecule has 0 aliphatic heterocycles. The van der Waals surface area contributed by atoms with E-state index < -0.39 is 19.8 Å². The van der Waals surface area contributed by atoms with Gasteiger partial charge in [-0.15, -0.1) is 8.19 Å². The van der Waals surface area contributed by atoms with Crippen LogP contribution in [-0.2, 0) is 16.2 Å². The summed E-state index contributed by atoms with van der Waals surface area (Å²) in [6.45, 7) is 21.2. The Morgan fingerprint density at radius 3 is 1.29 bits per heavy atom. The van der Waals surface area contributed by atoms with Crippen LogP contribution < -0.4 is 0 Å². The van der Waals surface area contributed by atoms with E-state index in [1.165, 1.54) is 8.19 Å². The molecule has 3 heteroatoms. The van der Waals surface area contributed by atoms with Gasteiger partial charge in [-0.3, -0.25) is 0 Å². The van der Waals surface area contributed by atoms with Gasteiger partial charge in [-0.2, -0.15) is 0 Å². The molecule has 0 saturated carbocycles. The molecule has 1 radical (unpaired) electrons. The number of rotatable bonds is 0. The van der Waals surface area contributed by atoms with Crippen molar-refractivity contribution in [1.29, 1.82) is 0 Å². The first-order valence-corrected chi connectivity index (χ1v) is 18.4. The van der Waals surface area contributed by atoms with Gasteiger partial charge in [-0.1, -0.05) is 70.5 Å². The SMILES string of the molecule is CC(C)(C)c1pc(C(C)(C)C)c(C(C)(C)C)[pH]1.[CH3][Sn]([CH3])[CH3]. The van der Waals surface area contributed by atoms with Gasteiger partial charge >= 0.3 is 34.6 Å². The van der Waals surface area contributed by atoms with Crippen molar-refractivity contribution in [3.05, 3.63) is 15.6 Å². The molecule has 0 aliphatic carbocycles. The second-order valence-corrected chi connectivity index (χ2v) is 20.9. The predicted molar refractivity (Wildman–Crippen MR) is 108 cm³/mol. The fraction of sp³-hybridized carbons (Fsp3) is 0.833. The van der Waals surface area contributed by atoms with Crippen LogP contribution in [-0.4, -0.2) is 19.8 Å². The average molecular weight is 434 g/mol. The molecule has 0 aliphatic rings. The summed E-state index contributed by atoms with van der Waals surface area (Å²) in [5, 5.41) is 5.09. The molecule has 0 aromatic carbocycles. The quantitative estimate of drug-likeness (QED) is 0.370. The van der Waals surface area contributed by atoms with E-state index in [-0.39, 0.29) is 0 Å². The fourth-order valence-corrected chi connectivity index (χ4v) is 5.87. The molecule has 0 spiro atoms. The molecule has 0 N–H and O–H groups in total. The minimum atomic E-state index is -0.543. The third-order valence-electron chi connectivity index (χ3n) is 2.87. The second kappa shape index (κ2) is 7.72. The van der Waals surface area contributed by atoms with E-state index in [1.54, 1.807) is 15.6 Å². The summed E-state index contributed by atoms with van der Waals surface area (Å²) >= 11 is -0.543. The van der Waals surface area contributed by atoms with Crippen molar-refractivity contribution in [1.82, 2.24) is 0 Å². The van der Waals surface area contributed by atoms with Crippen molar-refractivity contribution in [3.63, 3.8) is 0 Å². The summed E-state index contributed by atoms with van der Waals surface area (Å²) < 4.78 is 0. The fourth-order valence-electron chi connectivity index (χ4n) is 1.81. The van der Waals surface area contributed by atoms with Crippen LogP contribution in [0.3, 0.4) is 0 Å². The van der Waals surface area contributed by atoms with Gasteiger partial charge in [0.1, 0.15) is 0 Å². The summed E-state index contributed by atoms with van der Waals surface area (Å²) in [6, 6.07) is 0. The van der Waals surface area contributed by atoms with E-state index in [4.69, 9.17) is 0 Å². The van der Waals surface area contributed by atoms with Crippen LogP contribution in [0.4, 0.5) is 0 Å². The Labute approximate surface area is 144 Å². The van der Waals surface area contributed by atoms with Crippen molar-refractivity contribution in [2.24, 2.45) is 0 Å². The summed E-state index contributed by atoms with van der Waals surface area (Å²) in [7, 11) is 2.44. The van der Waals surface area contributed by atoms with Gasteiger partial charge in [-0.25, -0.2) is 0 Å². The molecule has 1 aromatic rings. The van der Waals surface area contributed by atoms with Crippen LogP contribution in [0.15, 0.2) is 0 Å². The zero-order valence-electron chi connectivity index (χ0n) is 16.4. The molecule has 1 heterocycles. The first-order chi connectivity index (χ1) is 9.06. The van der Waals surface area contributed by atoms with Crippen LogP contribution in [0.2, 0.25) is 14.8 Å². The third kappa shape index (κ3) is 7.89. The van der Waals surface area contributed by atoms with E-state index in [9.17, 15) is 0 Å². The normalized spacial score (nSPS) is 14.0. The van der Waals surface area contributed by atoms with Crippen LogP contribution in [0.5, 0.6) is 0 Å². The Kier molecular flexibility index (Phi) is 8.09. The van der Waals surface area contributed by atoms with Gasteiger partial charge in [0.25, 0.3) is 0 Å². The molecule has 21 heavy (non-hydrogen) atoms. The van der Waals surface area contributed by atoms with Crippen molar-refractivity contribution in [2.75, 3.05) is 0 Å². The molecule has 0 nitrogen and oxygen atoms in total. The van der Waals surface area contributed by atoms with E-state index in [2.05, 4.69) is 77.1 Å². The van der Waals surface area contributed by atoms with E-state index in [0.29, 0.717) is 16.2 Å². The summed E-state index contributed by atoms with van der Waals surface area (Å²) in [5.41, 5.74) is 0.981. The number of hydrogen-bond donors (Lipinski definition) is 0. The van der Waals surface area contributed by atoms with E-state index in [1.807, 2.05) is 0 Å². The molecule has 0 bridgehead atoms. The Balaban J connectivity index is 0.000000885. The Morgan fingerprint density at radius 2 is 1.10 bits per heavy atom. The maximum atomic E-state index is 2.36. The number of hydrogen-bond acceptors (Lipinski definition) is 0. The van der Waals surface area contributed by atoms with Gasteiger partial charge in [0, 0.05) is 5.03 Å². The van der Waals surface area contributed by atoms with Crippen LogP contribution in [0.25, 0.3) is 0 Å². The van der Waals surface area contributed by atoms with Crippen LogP contribution >= 0.6 is 16.4 Å². The monoisotopic (exact) mass is 435 g/mol. The average Bonchev–Trinajstić information content (AvgIpc) is 2.57. The second-order valence-electron chi connectivity index (χ2n) is 9.56. The Morgan fingerprint density at radius 1 is 0.714 bits per heavy atom. The molecule has 1 aromatic heterocycles. The molecule has 123 valence electrons. The molecule has 1 unspecified atom stereocenters. The minimum absolute atomic E-state index is 0.310. The summed E-state index contributed by atoms with van der Waals surface area (Å²) in [6.07, 6.45) is 0. The molecular formula is C18H37P2Sn. The van der Waals surface area contributed by atoms with E-state index in [0.717, 1.165) is 8.19 Å². The van der Waals surface area contributed by atoms with Gasteiger partial charge in [-0.05, 0) is 26.8 Å². The van der Waals surface area contributed by atoms with Gasteiger partial charge in [0.05, 0.1) is 0 Å². The van der Waals surface area contributed by atoms with Gasteiger partial charge in [0.15, 0.2) is 0 Å². The Hall–Kier alpha value is 1.01. The molecule has 1 atom stereocenters. The first-order valence-electron chi connectivity index (χ1n) is 7.95. The summed E-state index contributed by atoms with van der Waals surface area (Å²) in [4.78, 5) is 7.09. The van der Waals surface area contributed by atoms with Crippen molar-refractivity contribution < 1.29 is 0 Å². The van der Waals surface area contributed by atoms with Crippen LogP contribution in [0, 0.1) is 0 Å². The van der Waals surface area contributed by atoms with Crippen LogP contribution in [0.1, 0.15) is 77.9 Å². The van der Waals surface area contributed by atoms with Crippen molar-refractivity contribution >= 4 is 36.1 Å². The summed E-state index contributed by atoms with van der Waals surface area (Å²) in [5.74, 6) is 0. The molecule has 1 rings (SSSR count). The standard InChI is InChI=1S/C15H28P2.3CH3.Sn/c1-13(2,3)10-11(14(4,5)6)17-12(16-10)15(7,8)9;;;;/h16H,1-9H3;3*1H3;.